The Hall–Kier alpha value is -4.20. The number of imide groups is 1. The molecule has 1 fully saturated rings. The van der Waals surface area contributed by atoms with E-state index in [9.17, 15) is 19.2 Å². The van der Waals surface area contributed by atoms with E-state index in [-0.39, 0.29) is 25.3 Å². The van der Waals surface area contributed by atoms with Crippen molar-refractivity contribution in [2.24, 2.45) is 0 Å². The lowest BCUT2D eigenvalue weighted by Crippen LogP contribution is -2.45. The lowest BCUT2D eigenvalue weighted by atomic mass is 10.1. The van der Waals surface area contributed by atoms with Crippen molar-refractivity contribution >= 4 is 29.4 Å². The number of anilines is 1. The Balaban J connectivity index is 1.59. The predicted molar refractivity (Wildman–Crippen MR) is 118 cm³/mol. The van der Waals surface area contributed by atoms with Gasteiger partial charge >= 0.3 is 5.97 Å². The van der Waals surface area contributed by atoms with Gasteiger partial charge in [-0.25, -0.2) is 9.69 Å². The number of furan rings is 1. The molecule has 1 aliphatic heterocycles. The molecule has 3 aromatic rings. The summed E-state index contributed by atoms with van der Waals surface area (Å²) in [5, 5.41) is 0. The number of nitrogens with zero attached hydrogens (tertiary/aromatic N) is 2. The standard InChI is InChI=1S/C25H22N2O6/c1-32-25(31)18-9-11-19(12-10-18)27-23(29)15-21(24(27)30)26(16-20-8-5-13-33-20)22(28)14-17-6-3-2-4-7-17/h2-13,21H,14-16H2,1H3. The van der Waals surface area contributed by atoms with Crippen molar-refractivity contribution in [1.82, 2.24) is 4.90 Å². The molecule has 33 heavy (non-hydrogen) atoms. The molecule has 8 nitrogen and oxygen atoms in total. The number of methoxy groups -OCH3 is 1. The quantitative estimate of drug-likeness (QED) is 0.409. The van der Waals surface area contributed by atoms with Crippen LogP contribution in [0.25, 0.3) is 0 Å². The van der Waals surface area contributed by atoms with Gasteiger partial charge in [0.2, 0.25) is 11.8 Å². The molecule has 0 saturated carbocycles. The number of benzene rings is 2. The third kappa shape index (κ3) is 4.69. The van der Waals surface area contributed by atoms with Gasteiger partial charge < -0.3 is 14.1 Å². The minimum Gasteiger partial charge on any atom is -0.467 e. The molecular formula is C25H22N2O6. The fraction of sp³-hybridized carbons (Fsp3) is 0.200. The summed E-state index contributed by atoms with van der Waals surface area (Å²) in [6, 6.07) is 17.6. The zero-order valence-corrected chi connectivity index (χ0v) is 18.0. The van der Waals surface area contributed by atoms with E-state index in [1.165, 1.54) is 42.5 Å². The molecule has 0 spiro atoms. The van der Waals surface area contributed by atoms with Crippen LogP contribution in [0.3, 0.4) is 0 Å². The van der Waals surface area contributed by atoms with Crippen molar-refractivity contribution in [2.45, 2.75) is 25.4 Å². The van der Waals surface area contributed by atoms with Crippen LogP contribution in [0.2, 0.25) is 0 Å². The van der Waals surface area contributed by atoms with Crippen LogP contribution in [0.4, 0.5) is 5.69 Å². The number of rotatable bonds is 7. The Kier molecular flexibility index (Phi) is 6.35. The van der Waals surface area contributed by atoms with Crippen molar-refractivity contribution in [3.05, 3.63) is 89.9 Å². The SMILES string of the molecule is COC(=O)c1ccc(N2C(=O)CC(N(Cc3ccco3)C(=O)Cc3ccccc3)C2=O)cc1. The first kappa shape index (κ1) is 22.0. The predicted octanol–water partition coefficient (Wildman–Crippen LogP) is 2.97. The van der Waals surface area contributed by atoms with Crippen LogP contribution >= 0.6 is 0 Å². The van der Waals surface area contributed by atoms with Crippen LogP contribution in [0.15, 0.2) is 77.4 Å². The molecule has 0 N–H and O–H groups in total. The summed E-state index contributed by atoms with van der Waals surface area (Å²) in [6.07, 6.45) is 1.44. The fourth-order valence-electron chi connectivity index (χ4n) is 3.81. The molecule has 2 heterocycles. The van der Waals surface area contributed by atoms with Gasteiger partial charge in [0.25, 0.3) is 5.91 Å². The third-order valence-corrected chi connectivity index (χ3v) is 5.47. The van der Waals surface area contributed by atoms with E-state index in [1.54, 1.807) is 12.1 Å². The van der Waals surface area contributed by atoms with Gasteiger partial charge in [0, 0.05) is 0 Å². The number of carbonyl (C=O) groups is 4. The first-order valence-corrected chi connectivity index (χ1v) is 10.4. The molecule has 8 heteroatoms. The maximum Gasteiger partial charge on any atom is 0.337 e. The highest BCUT2D eigenvalue weighted by atomic mass is 16.5. The second kappa shape index (κ2) is 9.52. The van der Waals surface area contributed by atoms with Crippen LogP contribution in [0, 0.1) is 0 Å². The smallest absolute Gasteiger partial charge is 0.337 e. The molecule has 1 aromatic heterocycles. The largest absolute Gasteiger partial charge is 0.467 e. The van der Waals surface area contributed by atoms with Crippen LogP contribution in [-0.2, 0) is 32.1 Å². The highest BCUT2D eigenvalue weighted by molar-refractivity contribution is 6.23. The van der Waals surface area contributed by atoms with Crippen molar-refractivity contribution in [1.29, 1.82) is 0 Å². The van der Waals surface area contributed by atoms with Crippen LogP contribution < -0.4 is 4.90 Å². The summed E-state index contributed by atoms with van der Waals surface area (Å²) in [7, 11) is 1.27. The Morgan fingerprint density at radius 2 is 1.76 bits per heavy atom. The minimum atomic E-state index is -0.959. The highest BCUT2D eigenvalue weighted by Crippen LogP contribution is 2.28. The van der Waals surface area contributed by atoms with Crippen LogP contribution in [0.5, 0.6) is 0 Å². The number of hydrogen-bond donors (Lipinski definition) is 0. The second-order valence-electron chi connectivity index (χ2n) is 7.59. The molecule has 0 aliphatic carbocycles. The molecule has 3 amide bonds. The number of amides is 3. The minimum absolute atomic E-state index is 0.0669. The molecule has 0 radical (unpaired) electrons. The van der Waals surface area contributed by atoms with E-state index in [0.717, 1.165) is 10.5 Å². The summed E-state index contributed by atoms with van der Waals surface area (Å²) in [4.78, 5) is 53.5. The topological polar surface area (TPSA) is 97.1 Å². The van der Waals surface area contributed by atoms with Gasteiger partial charge in [-0.15, -0.1) is 0 Å². The van der Waals surface area contributed by atoms with E-state index >= 15 is 0 Å². The second-order valence-corrected chi connectivity index (χ2v) is 7.59. The lowest BCUT2D eigenvalue weighted by Gasteiger charge is -2.27. The zero-order chi connectivity index (χ0) is 23.4. The van der Waals surface area contributed by atoms with Gasteiger partial charge in [-0.3, -0.25) is 14.4 Å². The first-order chi connectivity index (χ1) is 16.0. The van der Waals surface area contributed by atoms with Gasteiger partial charge in [-0.05, 0) is 42.0 Å². The molecule has 1 atom stereocenters. The summed E-state index contributed by atoms with van der Waals surface area (Å²) in [5.74, 6) is -1.22. The Labute approximate surface area is 190 Å². The average molecular weight is 446 g/mol. The zero-order valence-electron chi connectivity index (χ0n) is 18.0. The van der Waals surface area contributed by atoms with Gasteiger partial charge in [0.1, 0.15) is 11.8 Å². The third-order valence-electron chi connectivity index (χ3n) is 5.47. The van der Waals surface area contributed by atoms with Crippen LogP contribution in [0.1, 0.15) is 28.1 Å². The molecule has 1 unspecified atom stereocenters. The van der Waals surface area contributed by atoms with Gasteiger partial charge in [0.05, 0.1) is 44.0 Å². The monoisotopic (exact) mass is 446 g/mol. The van der Waals surface area contributed by atoms with Gasteiger partial charge in [0.15, 0.2) is 0 Å². The van der Waals surface area contributed by atoms with Crippen LogP contribution in [-0.4, -0.2) is 41.7 Å². The number of ether oxygens (including phenoxy) is 1. The maximum atomic E-state index is 13.3. The molecule has 2 aromatic carbocycles. The van der Waals surface area contributed by atoms with E-state index in [4.69, 9.17) is 4.42 Å². The van der Waals surface area contributed by atoms with Crippen molar-refractivity contribution in [3.8, 4) is 0 Å². The Morgan fingerprint density at radius 3 is 2.39 bits per heavy atom. The normalized spacial score (nSPS) is 15.5. The molecule has 1 aliphatic rings. The molecular weight excluding hydrogens is 424 g/mol. The summed E-state index contributed by atoms with van der Waals surface area (Å²) in [5.41, 5.74) is 1.43. The number of hydrogen-bond acceptors (Lipinski definition) is 6. The van der Waals surface area contributed by atoms with Crippen molar-refractivity contribution < 1.29 is 28.3 Å². The first-order valence-electron chi connectivity index (χ1n) is 10.4. The fourth-order valence-corrected chi connectivity index (χ4v) is 3.81. The summed E-state index contributed by atoms with van der Waals surface area (Å²) >= 11 is 0. The number of carbonyl (C=O) groups excluding carboxylic acids is 4. The van der Waals surface area contributed by atoms with Gasteiger partial charge in [-0.1, -0.05) is 30.3 Å². The molecule has 0 bridgehead atoms. The van der Waals surface area contributed by atoms with E-state index in [0.29, 0.717) is 17.0 Å². The summed E-state index contributed by atoms with van der Waals surface area (Å²) in [6.45, 7) is 0.0669. The van der Waals surface area contributed by atoms with E-state index in [2.05, 4.69) is 4.74 Å². The average Bonchev–Trinajstić information content (AvgIpc) is 3.45. The van der Waals surface area contributed by atoms with Gasteiger partial charge in [-0.2, -0.15) is 0 Å². The Morgan fingerprint density at radius 1 is 1.03 bits per heavy atom. The van der Waals surface area contributed by atoms with E-state index < -0.39 is 23.8 Å². The maximum absolute atomic E-state index is 13.3. The van der Waals surface area contributed by atoms with E-state index in [1.807, 2.05) is 30.3 Å². The highest BCUT2D eigenvalue weighted by Gasteiger charge is 2.44. The van der Waals surface area contributed by atoms with Crippen molar-refractivity contribution in [2.75, 3.05) is 12.0 Å². The molecule has 168 valence electrons. The Bertz CT molecular complexity index is 1160. The lowest BCUT2D eigenvalue weighted by molar-refractivity contribution is -0.138. The summed E-state index contributed by atoms with van der Waals surface area (Å²) < 4.78 is 10.1. The number of esters is 1. The molecule has 4 rings (SSSR count). The van der Waals surface area contributed by atoms with Crippen molar-refractivity contribution in [3.63, 3.8) is 0 Å². The molecule has 1 saturated heterocycles.